The van der Waals surface area contributed by atoms with E-state index in [-0.39, 0.29) is 0 Å². The van der Waals surface area contributed by atoms with Gasteiger partial charge >= 0.3 is 0 Å². The molecule has 0 aromatic carbocycles. The maximum Gasteiger partial charge on any atom is 0.179 e. The van der Waals surface area contributed by atoms with Gasteiger partial charge in [-0.2, -0.15) is 0 Å². The number of imidazole rings is 1. The molecule has 92 valence electrons. The molecule has 0 atom stereocenters. The Bertz CT molecular complexity index is 588. The first-order valence-corrected chi connectivity index (χ1v) is 6.52. The topological polar surface area (TPSA) is 56.0 Å². The van der Waals surface area contributed by atoms with Crippen LogP contribution in [0.5, 0.6) is 0 Å². The summed E-state index contributed by atoms with van der Waals surface area (Å²) in [5.41, 5.74) is 0.802. The van der Waals surface area contributed by atoms with Gasteiger partial charge < -0.3 is 0 Å². The Balaban J connectivity index is 2.53. The fourth-order valence-corrected chi connectivity index (χ4v) is 1.90. The number of aliphatic imine (C=N–C) groups is 1. The summed E-state index contributed by atoms with van der Waals surface area (Å²) in [5.74, 6) is 1.34. The van der Waals surface area contributed by atoms with Crippen LogP contribution in [-0.2, 0) is 0 Å². The molecule has 5 nitrogen and oxygen atoms in total. The summed E-state index contributed by atoms with van der Waals surface area (Å²) in [6.45, 7) is 3.78. The minimum atomic E-state index is 0.630. The highest BCUT2D eigenvalue weighted by molar-refractivity contribution is 7.98. The second-order valence-corrected chi connectivity index (χ2v) is 4.19. The van der Waals surface area contributed by atoms with E-state index in [1.54, 1.807) is 43.6 Å². The Kier molecular flexibility index (Phi) is 3.88. The van der Waals surface area contributed by atoms with Crippen LogP contribution in [0.4, 0.5) is 0 Å². The van der Waals surface area contributed by atoms with Gasteiger partial charge in [-0.05, 0) is 12.3 Å². The van der Waals surface area contributed by atoms with Crippen LogP contribution >= 0.6 is 11.8 Å². The van der Waals surface area contributed by atoms with Crippen molar-refractivity contribution in [3.8, 4) is 11.5 Å². The Labute approximate surface area is 110 Å². The zero-order valence-corrected chi connectivity index (χ0v) is 11.1. The van der Waals surface area contributed by atoms with Crippen LogP contribution in [0.1, 0.15) is 5.82 Å². The van der Waals surface area contributed by atoms with Crippen LogP contribution in [0.15, 0.2) is 35.1 Å². The maximum atomic E-state index is 4.44. The molecule has 0 spiro atoms. The first kappa shape index (κ1) is 12.5. The number of thioether (sulfide) groups is 1. The molecule has 0 amide bonds. The number of rotatable bonds is 4. The molecular formula is C12H13N5S. The van der Waals surface area contributed by atoms with Gasteiger partial charge in [0, 0.05) is 19.4 Å². The van der Waals surface area contributed by atoms with E-state index < -0.39 is 0 Å². The van der Waals surface area contributed by atoms with Crippen molar-refractivity contribution in [2.75, 3.05) is 13.3 Å². The van der Waals surface area contributed by atoms with Crippen LogP contribution < -0.4 is 0 Å². The molecule has 0 fully saturated rings. The minimum Gasteiger partial charge on any atom is -0.296 e. The van der Waals surface area contributed by atoms with E-state index in [4.69, 9.17) is 0 Å². The maximum absolute atomic E-state index is 4.44. The Hall–Kier alpha value is -1.95. The van der Waals surface area contributed by atoms with E-state index in [1.165, 1.54) is 0 Å². The molecule has 0 aliphatic carbocycles. The Morgan fingerprint density at radius 2 is 2.28 bits per heavy atom. The molecule has 2 aromatic rings. The van der Waals surface area contributed by atoms with Crippen molar-refractivity contribution in [3.63, 3.8) is 0 Å². The zero-order valence-electron chi connectivity index (χ0n) is 10.2. The van der Waals surface area contributed by atoms with E-state index in [9.17, 15) is 0 Å². The zero-order chi connectivity index (χ0) is 13.0. The van der Waals surface area contributed by atoms with Gasteiger partial charge in [-0.15, -0.1) is 11.8 Å². The number of hydrogen-bond donors (Lipinski definition) is 0. The van der Waals surface area contributed by atoms with Crippen molar-refractivity contribution in [1.82, 2.24) is 19.5 Å². The lowest BCUT2D eigenvalue weighted by Crippen LogP contribution is -1.99. The number of nitrogens with zero attached hydrogens (tertiary/aromatic N) is 5. The van der Waals surface area contributed by atoms with E-state index in [1.807, 2.05) is 16.9 Å². The largest absolute Gasteiger partial charge is 0.296 e. The quantitative estimate of drug-likeness (QED) is 0.480. The molecule has 0 unspecified atom stereocenters. The highest BCUT2D eigenvalue weighted by Gasteiger charge is 2.11. The molecule has 0 saturated heterocycles. The van der Waals surface area contributed by atoms with E-state index >= 15 is 0 Å². The minimum absolute atomic E-state index is 0.630. The normalized spacial score (nSPS) is 11.0. The summed E-state index contributed by atoms with van der Waals surface area (Å²) >= 11 is 1.58. The van der Waals surface area contributed by atoms with Crippen LogP contribution in [0.25, 0.3) is 17.7 Å². The summed E-state index contributed by atoms with van der Waals surface area (Å²) in [5, 5.41) is 0.919. The van der Waals surface area contributed by atoms with Gasteiger partial charge in [0.1, 0.15) is 5.69 Å². The lowest BCUT2D eigenvalue weighted by molar-refractivity contribution is 1.02. The van der Waals surface area contributed by atoms with Gasteiger partial charge in [-0.25, -0.2) is 15.0 Å². The van der Waals surface area contributed by atoms with Crippen molar-refractivity contribution in [1.29, 1.82) is 0 Å². The second kappa shape index (κ2) is 5.59. The van der Waals surface area contributed by atoms with Crippen LogP contribution in [-0.4, -0.2) is 39.0 Å². The van der Waals surface area contributed by atoms with Gasteiger partial charge in [0.15, 0.2) is 11.6 Å². The molecule has 2 heterocycles. The molecular weight excluding hydrogens is 246 g/mol. The van der Waals surface area contributed by atoms with Gasteiger partial charge in [-0.3, -0.25) is 9.56 Å². The molecule has 0 saturated carbocycles. The Morgan fingerprint density at radius 1 is 1.44 bits per heavy atom. The third kappa shape index (κ3) is 2.33. The molecule has 2 aromatic heterocycles. The highest BCUT2D eigenvalue weighted by Crippen LogP contribution is 2.19. The highest BCUT2D eigenvalue weighted by atomic mass is 32.2. The Morgan fingerprint density at radius 3 is 2.94 bits per heavy atom. The number of hydrogen-bond acceptors (Lipinski definition) is 5. The summed E-state index contributed by atoms with van der Waals surface area (Å²) in [6, 6.07) is 1.87. The summed E-state index contributed by atoms with van der Waals surface area (Å²) < 4.78 is 1.81. The molecule has 0 N–H and O–H groups in total. The molecule has 0 radical (unpaired) electrons. The first-order chi connectivity index (χ1) is 8.80. The average molecular weight is 259 g/mol. The van der Waals surface area contributed by atoms with Crippen molar-refractivity contribution < 1.29 is 0 Å². The van der Waals surface area contributed by atoms with Crippen LogP contribution in [0, 0.1) is 0 Å². The lowest BCUT2D eigenvalue weighted by Gasteiger charge is -2.04. The fraction of sp³-hybridized carbons (Fsp3) is 0.167. The van der Waals surface area contributed by atoms with Crippen LogP contribution in [0.3, 0.4) is 0 Å². The van der Waals surface area contributed by atoms with Gasteiger partial charge in [-0.1, -0.05) is 6.58 Å². The average Bonchev–Trinajstić information content (AvgIpc) is 2.82. The first-order valence-electron chi connectivity index (χ1n) is 5.29. The monoisotopic (exact) mass is 259 g/mol. The molecule has 0 bridgehead atoms. The fourth-order valence-electron chi connectivity index (χ4n) is 1.52. The smallest absolute Gasteiger partial charge is 0.179 e. The van der Waals surface area contributed by atoms with E-state index in [0.29, 0.717) is 11.6 Å². The van der Waals surface area contributed by atoms with Gasteiger partial charge in [0.2, 0.25) is 0 Å². The third-order valence-electron chi connectivity index (χ3n) is 2.32. The van der Waals surface area contributed by atoms with E-state index in [2.05, 4.69) is 26.5 Å². The third-order valence-corrected chi connectivity index (χ3v) is 2.97. The molecule has 18 heavy (non-hydrogen) atoms. The van der Waals surface area contributed by atoms with E-state index in [0.717, 1.165) is 10.7 Å². The second-order valence-electron chi connectivity index (χ2n) is 3.36. The predicted octanol–water partition coefficient (Wildman–Crippen LogP) is 2.21. The summed E-state index contributed by atoms with van der Waals surface area (Å²) in [6.07, 6.45) is 8.78. The number of aromatic nitrogens is 4. The standard InChI is InChI=1S/C12H13N5S/c1-4-17-9(7-15-10(17)8-13-2)12-14-6-5-11(16-12)18-3/h4-8H,1H2,2-3H3. The van der Waals surface area contributed by atoms with Crippen molar-refractivity contribution in [2.45, 2.75) is 5.03 Å². The van der Waals surface area contributed by atoms with Crippen molar-refractivity contribution in [3.05, 3.63) is 30.9 Å². The lowest BCUT2D eigenvalue weighted by atomic mass is 10.4. The molecule has 0 aliphatic rings. The molecule has 0 aliphatic heterocycles. The molecule has 2 rings (SSSR count). The summed E-state index contributed by atoms with van der Waals surface area (Å²) in [4.78, 5) is 16.9. The SMILES string of the molecule is C=Cn1c(-c2nccc(SC)n2)cnc1C=NC. The predicted molar refractivity (Wildman–Crippen MR) is 74.9 cm³/mol. The summed E-state index contributed by atoms with van der Waals surface area (Å²) in [7, 11) is 1.70. The molecule has 6 heteroatoms. The van der Waals surface area contributed by atoms with Gasteiger partial charge in [0.05, 0.1) is 17.4 Å². The van der Waals surface area contributed by atoms with Gasteiger partial charge in [0.25, 0.3) is 0 Å². The van der Waals surface area contributed by atoms with Crippen molar-refractivity contribution in [2.24, 2.45) is 4.99 Å². The van der Waals surface area contributed by atoms with Crippen molar-refractivity contribution >= 4 is 24.2 Å². The van der Waals surface area contributed by atoms with Crippen LogP contribution in [0.2, 0.25) is 0 Å².